The zero-order chi connectivity index (χ0) is 36.5. The number of hydrogen-bond donors (Lipinski definition) is 4. The van der Waals surface area contributed by atoms with E-state index >= 15 is 0 Å². The van der Waals surface area contributed by atoms with E-state index in [2.05, 4.69) is 13.8 Å². The zero-order valence-electron chi connectivity index (χ0n) is 31.8. The van der Waals surface area contributed by atoms with E-state index in [1.807, 2.05) is 0 Å². The van der Waals surface area contributed by atoms with E-state index < -0.39 is 37.7 Å². The maximum Gasteiger partial charge on any atom is 0.473 e. The van der Waals surface area contributed by atoms with Gasteiger partial charge in [0.25, 0.3) is 0 Å². The number of nitrogens with two attached hydrogens (primary N) is 1. The van der Waals surface area contributed by atoms with Crippen molar-refractivity contribution in [1.29, 1.82) is 0 Å². The molecule has 5 N–H and O–H groups in total. The number of aliphatic hydroxyl groups is 2. The normalized spacial score (nSPS) is 13.8. The highest BCUT2D eigenvalue weighted by Gasteiger charge is 2.55. The number of phosphoric ester groups is 1. The summed E-state index contributed by atoms with van der Waals surface area (Å²) in [4.78, 5) is 37.6. The van der Waals surface area contributed by atoms with Crippen molar-refractivity contribution in [2.45, 2.75) is 218 Å². The van der Waals surface area contributed by atoms with E-state index in [1.165, 1.54) is 116 Å². The number of phosphoric acid groups is 1. The second-order valence-corrected chi connectivity index (χ2v) is 15.5. The lowest BCUT2D eigenvalue weighted by Crippen LogP contribution is -2.58. The van der Waals surface area contributed by atoms with Gasteiger partial charge >= 0.3 is 7.82 Å². The Bertz CT molecular complexity index is 783. The summed E-state index contributed by atoms with van der Waals surface area (Å²) in [7, 11) is -4.94. The van der Waals surface area contributed by atoms with E-state index in [4.69, 9.17) is 14.8 Å². The number of Topliss-reactive ketones (excluding diaryl/α,β-unsaturated/α-hetero) is 2. The maximum absolute atomic E-state index is 13.6. The molecule has 0 aliphatic carbocycles. The number of carbonyl (C=O) groups excluding carboxylic acids is 2. The van der Waals surface area contributed by atoms with E-state index in [0.29, 0.717) is 12.8 Å². The summed E-state index contributed by atoms with van der Waals surface area (Å²) in [6.45, 7) is 3.08. The van der Waals surface area contributed by atoms with Gasteiger partial charge in [0.05, 0.1) is 13.2 Å². The maximum atomic E-state index is 13.6. The molecule has 0 aromatic rings. The van der Waals surface area contributed by atoms with Crippen LogP contribution in [0.4, 0.5) is 0 Å². The van der Waals surface area contributed by atoms with Crippen LogP contribution in [0.25, 0.3) is 0 Å². The Morgan fingerprint density at radius 3 is 1.14 bits per heavy atom. The first kappa shape index (κ1) is 48.3. The van der Waals surface area contributed by atoms with Gasteiger partial charge in [0.15, 0.2) is 11.6 Å². The number of aliphatic hydroxyl groups excluding tert-OH is 2. The molecule has 0 rings (SSSR count). The fraction of sp³-hybridized carbons (Fsp3) is 0.949. The van der Waals surface area contributed by atoms with Crippen molar-refractivity contribution in [3.8, 4) is 0 Å². The molecule has 2 atom stereocenters. The van der Waals surface area contributed by atoms with Crippen LogP contribution in [0, 0.1) is 0 Å². The molecule has 1 unspecified atom stereocenters. The van der Waals surface area contributed by atoms with Gasteiger partial charge < -0.3 is 20.8 Å². The Morgan fingerprint density at radius 1 is 0.592 bits per heavy atom. The van der Waals surface area contributed by atoms with Gasteiger partial charge in [-0.05, 0) is 12.8 Å². The summed E-state index contributed by atoms with van der Waals surface area (Å²) >= 11 is 0. The molecule has 0 amide bonds. The van der Waals surface area contributed by atoms with E-state index in [1.54, 1.807) is 0 Å². The topological polar surface area (TPSA) is 156 Å². The van der Waals surface area contributed by atoms with Crippen molar-refractivity contribution in [3.05, 3.63) is 0 Å². The molecule has 10 heteroatoms. The predicted molar refractivity (Wildman–Crippen MR) is 202 cm³/mol. The SMILES string of the molecule is CCCCCCCCCCCCCCCCC(=O)C(OP(=O)(O)OCCN)(C(=O)CCCCCCCCCCCCCCCC)[C@@H](O)CO. The molecule has 49 heavy (non-hydrogen) atoms. The molecule has 0 radical (unpaired) electrons. The molecule has 0 spiro atoms. The molecule has 0 heterocycles. The molecule has 0 aliphatic heterocycles. The van der Waals surface area contributed by atoms with Gasteiger partial charge in [-0.2, -0.15) is 0 Å². The summed E-state index contributed by atoms with van der Waals surface area (Å²) in [5.41, 5.74) is 2.74. The van der Waals surface area contributed by atoms with Gasteiger partial charge in [0.1, 0.15) is 6.10 Å². The Balaban J connectivity index is 4.76. The molecule has 0 saturated carbocycles. The minimum absolute atomic E-state index is 0.0799. The summed E-state index contributed by atoms with van der Waals surface area (Å²) < 4.78 is 22.9. The number of hydrogen-bond acceptors (Lipinski definition) is 8. The molecular weight excluding hydrogens is 641 g/mol. The van der Waals surface area contributed by atoms with Gasteiger partial charge in [-0.1, -0.05) is 181 Å². The van der Waals surface area contributed by atoms with Crippen molar-refractivity contribution < 1.29 is 38.3 Å². The summed E-state index contributed by atoms with van der Waals surface area (Å²) in [5.74, 6) is -1.59. The average Bonchev–Trinajstić information content (AvgIpc) is 3.09. The Labute approximate surface area is 300 Å². The zero-order valence-corrected chi connectivity index (χ0v) is 32.7. The quantitative estimate of drug-likeness (QED) is 0.0276. The lowest BCUT2D eigenvalue weighted by molar-refractivity contribution is -0.164. The van der Waals surface area contributed by atoms with Crippen LogP contribution in [0.2, 0.25) is 0 Å². The van der Waals surface area contributed by atoms with Crippen LogP contribution < -0.4 is 5.73 Å². The van der Waals surface area contributed by atoms with Gasteiger partial charge in [-0.3, -0.25) is 18.6 Å². The van der Waals surface area contributed by atoms with Crippen LogP contribution in [-0.4, -0.2) is 58.1 Å². The highest BCUT2D eigenvalue weighted by atomic mass is 31.2. The molecule has 0 aromatic carbocycles. The highest BCUT2D eigenvalue weighted by molar-refractivity contribution is 7.47. The summed E-state index contributed by atoms with van der Waals surface area (Å²) in [5, 5.41) is 20.7. The Kier molecular flexibility index (Phi) is 32.7. The largest absolute Gasteiger partial charge is 0.473 e. The van der Waals surface area contributed by atoms with Crippen molar-refractivity contribution in [1.82, 2.24) is 0 Å². The minimum atomic E-state index is -4.94. The van der Waals surface area contributed by atoms with Gasteiger partial charge in [-0.25, -0.2) is 4.57 Å². The van der Waals surface area contributed by atoms with Crippen molar-refractivity contribution in [2.24, 2.45) is 5.73 Å². The van der Waals surface area contributed by atoms with Crippen molar-refractivity contribution >= 4 is 19.4 Å². The van der Waals surface area contributed by atoms with Crippen molar-refractivity contribution in [3.63, 3.8) is 0 Å². The van der Waals surface area contributed by atoms with Crippen LogP contribution in [0.5, 0.6) is 0 Å². The predicted octanol–water partition coefficient (Wildman–Crippen LogP) is 10.1. The Morgan fingerprint density at radius 2 is 0.878 bits per heavy atom. The van der Waals surface area contributed by atoms with Crippen LogP contribution in [0.1, 0.15) is 206 Å². The molecule has 0 saturated heterocycles. The van der Waals surface area contributed by atoms with E-state index in [9.17, 15) is 29.3 Å². The number of carbonyl (C=O) groups is 2. The van der Waals surface area contributed by atoms with Crippen LogP contribution in [0.15, 0.2) is 0 Å². The first-order valence-corrected chi connectivity index (χ1v) is 21.9. The molecule has 0 aromatic heterocycles. The third-order valence-corrected chi connectivity index (χ3v) is 10.6. The van der Waals surface area contributed by atoms with E-state index in [0.717, 1.165) is 51.4 Å². The second-order valence-electron chi connectivity index (χ2n) is 14.2. The first-order valence-electron chi connectivity index (χ1n) is 20.4. The molecule has 0 fully saturated rings. The highest BCUT2D eigenvalue weighted by Crippen LogP contribution is 2.49. The average molecular weight is 720 g/mol. The minimum Gasteiger partial charge on any atom is -0.394 e. The third-order valence-electron chi connectivity index (χ3n) is 9.62. The van der Waals surface area contributed by atoms with Gasteiger partial charge in [-0.15, -0.1) is 0 Å². The number of rotatable bonds is 39. The smallest absolute Gasteiger partial charge is 0.394 e. The fourth-order valence-corrected chi connectivity index (χ4v) is 7.60. The van der Waals surface area contributed by atoms with Gasteiger partial charge in [0.2, 0.25) is 5.60 Å². The number of ketones is 2. The lowest BCUT2D eigenvalue weighted by atomic mass is 9.82. The van der Waals surface area contributed by atoms with Crippen molar-refractivity contribution in [2.75, 3.05) is 19.8 Å². The molecule has 292 valence electrons. The fourth-order valence-electron chi connectivity index (χ4n) is 6.53. The molecule has 9 nitrogen and oxygen atoms in total. The molecule has 0 aliphatic rings. The molecule has 0 bridgehead atoms. The third kappa shape index (κ3) is 25.0. The van der Waals surface area contributed by atoms with Crippen LogP contribution >= 0.6 is 7.82 Å². The Hall–Kier alpha value is -0.670. The molecular formula is C39H78NO8P. The lowest BCUT2D eigenvalue weighted by Gasteiger charge is -2.35. The second kappa shape index (κ2) is 33.2. The standard InChI is InChI=1S/C39H78NO8P/c1-3-5-7-9-11-13-15-17-19-21-23-25-27-29-31-36(42)39(38(44)35-41,48-49(45,46)47-34-33-40)37(43)32-30-28-26-24-22-20-18-16-14-12-10-8-6-4-2/h38,41,44H,3-35,40H2,1-2H3,(H,45,46)/t38-/m0/s1. The van der Waals surface area contributed by atoms with Gasteiger partial charge in [0, 0.05) is 19.4 Å². The summed E-state index contributed by atoms with van der Waals surface area (Å²) in [6.07, 6.45) is 29.8. The first-order chi connectivity index (χ1) is 23.7. The monoisotopic (exact) mass is 720 g/mol. The summed E-state index contributed by atoms with van der Waals surface area (Å²) in [6, 6.07) is 0. The number of unbranched alkanes of at least 4 members (excludes halogenated alkanes) is 26. The van der Waals surface area contributed by atoms with E-state index in [-0.39, 0.29) is 26.0 Å². The van der Waals surface area contributed by atoms with Crippen LogP contribution in [0.3, 0.4) is 0 Å². The van der Waals surface area contributed by atoms with Crippen LogP contribution in [-0.2, 0) is 23.2 Å².